The Labute approximate surface area is 112 Å². The smallest absolute Gasteiger partial charge is 0.253 e. The van der Waals surface area contributed by atoms with E-state index in [0.717, 1.165) is 18.2 Å². The lowest BCUT2D eigenvalue weighted by Gasteiger charge is -2.10. The molecule has 0 amide bonds. The second kappa shape index (κ2) is 5.12. The highest BCUT2D eigenvalue weighted by molar-refractivity contribution is 9.10. The monoisotopic (exact) mass is 338 g/mol. The zero-order chi connectivity index (χ0) is 14.2. The van der Waals surface area contributed by atoms with Crippen LogP contribution in [0, 0.1) is 29.3 Å². The van der Waals surface area contributed by atoms with Crippen molar-refractivity contribution in [3.63, 3.8) is 0 Å². The molecule has 0 radical (unpaired) electrons. The Kier molecular flexibility index (Phi) is 3.70. The van der Waals surface area contributed by atoms with Gasteiger partial charge in [-0.05, 0) is 34.1 Å². The maximum absolute atomic E-state index is 13.3. The molecule has 2 aromatic rings. The number of hydrogen-bond donors (Lipinski definition) is 1. The number of benzene rings is 1. The van der Waals surface area contributed by atoms with Gasteiger partial charge in [0.15, 0.2) is 0 Å². The highest BCUT2D eigenvalue weighted by Gasteiger charge is 2.21. The molecule has 1 aromatic carbocycles. The summed E-state index contributed by atoms with van der Waals surface area (Å²) >= 11 is 2.94. The fraction of sp³-hybridized carbons (Fsp3) is 0. The van der Waals surface area contributed by atoms with Gasteiger partial charge in [-0.3, -0.25) is 0 Å². The quantitative estimate of drug-likeness (QED) is 0.653. The Morgan fingerprint density at radius 3 is 2.05 bits per heavy atom. The molecule has 0 aliphatic heterocycles. The minimum absolute atomic E-state index is 0.0317. The predicted octanol–water partition coefficient (Wildman–Crippen LogP) is 4.28. The van der Waals surface area contributed by atoms with Gasteiger partial charge in [0, 0.05) is 4.47 Å². The molecular formula is C11H4BrF5N2. The zero-order valence-electron chi connectivity index (χ0n) is 8.95. The normalized spacial score (nSPS) is 10.6. The summed E-state index contributed by atoms with van der Waals surface area (Å²) in [6, 6.07) is 3.18. The molecule has 0 spiro atoms. The van der Waals surface area contributed by atoms with Gasteiger partial charge in [-0.2, -0.15) is 22.5 Å². The molecule has 0 aliphatic carbocycles. The van der Waals surface area contributed by atoms with Gasteiger partial charge in [-0.15, -0.1) is 0 Å². The molecule has 8 heteroatoms. The molecule has 0 bridgehead atoms. The van der Waals surface area contributed by atoms with Gasteiger partial charge < -0.3 is 5.32 Å². The summed E-state index contributed by atoms with van der Waals surface area (Å²) in [6.45, 7) is 0. The molecule has 1 heterocycles. The van der Waals surface area contributed by atoms with E-state index in [0.29, 0.717) is 0 Å². The van der Waals surface area contributed by atoms with Gasteiger partial charge >= 0.3 is 0 Å². The molecule has 2 rings (SSSR count). The van der Waals surface area contributed by atoms with E-state index in [1.54, 1.807) is 0 Å². The van der Waals surface area contributed by atoms with E-state index >= 15 is 0 Å². The predicted molar refractivity (Wildman–Crippen MR) is 61.5 cm³/mol. The van der Waals surface area contributed by atoms with Crippen LogP contribution in [0.15, 0.2) is 22.7 Å². The number of hydrogen-bond acceptors (Lipinski definition) is 2. The van der Waals surface area contributed by atoms with Crippen LogP contribution in [0.3, 0.4) is 0 Å². The first-order valence-electron chi connectivity index (χ1n) is 4.82. The third kappa shape index (κ3) is 2.67. The van der Waals surface area contributed by atoms with Crippen LogP contribution in [-0.4, -0.2) is 4.98 Å². The Balaban J connectivity index is 2.49. The summed E-state index contributed by atoms with van der Waals surface area (Å²) in [5.74, 6) is -7.49. The van der Waals surface area contributed by atoms with Crippen LogP contribution in [0.1, 0.15) is 0 Å². The van der Waals surface area contributed by atoms with Crippen molar-refractivity contribution in [2.24, 2.45) is 0 Å². The van der Waals surface area contributed by atoms with E-state index in [2.05, 4.69) is 26.2 Å². The molecule has 0 fully saturated rings. The van der Waals surface area contributed by atoms with Crippen molar-refractivity contribution in [3.8, 4) is 0 Å². The van der Waals surface area contributed by atoms with E-state index in [1.165, 1.54) is 0 Å². The number of rotatable bonds is 2. The molecule has 0 atom stereocenters. The first-order valence-corrected chi connectivity index (χ1v) is 5.61. The third-order valence-electron chi connectivity index (χ3n) is 2.19. The lowest BCUT2D eigenvalue weighted by molar-refractivity contribution is 0.411. The second-order valence-electron chi connectivity index (χ2n) is 3.45. The summed E-state index contributed by atoms with van der Waals surface area (Å²) in [5, 5.41) is 2.13. The zero-order valence-corrected chi connectivity index (χ0v) is 10.5. The Hall–Kier alpha value is -1.70. The molecule has 0 aliphatic rings. The van der Waals surface area contributed by atoms with Crippen LogP contribution in [0.2, 0.25) is 0 Å². The molecule has 1 N–H and O–H groups in total. The van der Waals surface area contributed by atoms with Crippen LogP contribution in [0.25, 0.3) is 0 Å². The summed E-state index contributed by atoms with van der Waals surface area (Å²) in [4.78, 5) is 2.42. The summed E-state index contributed by atoms with van der Waals surface area (Å²) < 4.78 is 65.4. The lowest BCUT2D eigenvalue weighted by Crippen LogP contribution is -2.06. The van der Waals surface area contributed by atoms with Gasteiger partial charge in [-0.25, -0.2) is 4.39 Å². The van der Waals surface area contributed by atoms with Crippen molar-refractivity contribution in [2.75, 3.05) is 5.32 Å². The molecule has 19 heavy (non-hydrogen) atoms. The first-order chi connectivity index (χ1) is 8.90. The number of nitrogens with one attached hydrogen (secondary N) is 1. The Morgan fingerprint density at radius 2 is 1.53 bits per heavy atom. The maximum Gasteiger partial charge on any atom is 0.253 e. The number of pyridine rings is 1. The number of halogens is 6. The van der Waals surface area contributed by atoms with Gasteiger partial charge in [0.05, 0.1) is 5.69 Å². The average Bonchev–Trinajstić information content (AvgIpc) is 2.34. The minimum Gasteiger partial charge on any atom is -0.350 e. The average molecular weight is 339 g/mol. The minimum atomic E-state index is -1.78. The largest absolute Gasteiger partial charge is 0.350 e. The maximum atomic E-state index is 13.3. The van der Waals surface area contributed by atoms with Crippen LogP contribution >= 0.6 is 15.9 Å². The fourth-order valence-corrected chi connectivity index (χ4v) is 1.77. The van der Waals surface area contributed by atoms with Gasteiger partial charge in [0.2, 0.25) is 11.6 Å². The highest BCUT2D eigenvalue weighted by Crippen LogP contribution is 2.30. The highest BCUT2D eigenvalue weighted by atomic mass is 79.9. The van der Waals surface area contributed by atoms with Crippen molar-refractivity contribution in [1.29, 1.82) is 0 Å². The van der Waals surface area contributed by atoms with Gasteiger partial charge in [0.25, 0.3) is 11.9 Å². The molecular weight excluding hydrogens is 335 g/mol. The van der Waals surface area contributed by atoms with Crippen LogP contribution < -0.4 is 5.32 Å². The SMILES string of the molecule is Fc1ccc(Nc2c(F)c(F)nc(F)c2F)c(Br)c1. The molecule has 2 nitrogen and oxygen atoms in total. The number of aromatic nitrogens is 1. The fourth-order valence-electron chi connectivity index (χ4n) is 1.32. The number of nitrogens with zero attached hydrogens (tertiary/aromatic N) is 1. The Morgan fingerprint density at radius 1 is 0.947 bits per heavy atom. The molecule has 100 valence electrons. The Bertz CT molecular complexity index is 621. The van der Waals surface area contributed by atoms with Crippen molar-refractivity contribution >= 4 is 27.3 Å². The second-order valence-corrected chi connectivity index (χ2v) is 4.30. The van der Waals surface area contributed by atoms with Crippen LogP contribution in [0.4, 0.5) is 33.3 Å². The first kappa shape index (κ1) is 13.7. The summed E-state index contributed by atoms with van der Waals surface area (Å²) in [5.41, 5.74) is -1.01. The topological polar surface area (TPSA) is 24.9 Å². The molecule has 0 unspecified atom stereocenters. The van der Waals surface area contributed by atoms with E-state index in [4.69, 9.17) is 0 Å². The van der Waals surface area contributed by atoms with Crippen molar-refractivity contribution in [2.45, 2.75) is 0 Å². The van der Waals surface area contributed by atoms with Crippen molar-refractivity contribution in [1.82, 2.24) is 4.98 Å². The summed E-state index contributed by atoms with van der Waals surface area (Å²) in [7, 11) is 0. The lowest BCUT2D eigenvalue weighted by atomic mass is 10.3. The molecule has 1 aromatic heterocycles. The standard InChI is InChI=1S/C11H4BrF5N2/c12-5-3-4(13)1-2-6(5)18-9-7(14)10(16)19-11(17)8(9)15/h1-3H,(H,18,19). The molecule has 0 saturated heterocycles. The van der Waals surface area contributed by atoms with E-state index < -0.39 is 35.0 Å². The van der Waals surface area contributed by atoms with Crippen LogP contribution in [0.5, 0.6) is 0 Å². The van der Waals surface area contributed by atoms with E-state index in [-0.39, 0.29) is 10.2 Å². The van der Waals surface area contributed by atoms with Gasteiger partial charge in [0.1, 0.15) is 11.5 Å². The molecule has 0 saturated carbocycles. The third-order valence-corrected chi connectivity index (χ3v) is 2.84. The van der Waals surface area contributed by atoms with Crippen LogP contribution in [-0.2, 0) is 0 Å². The van der Waals surface area contributed by atoms with Crippen molar-refractivity contribution in [3.05, 3.63) is 52.0 Å². The van der Waals surface area contributed by atoms with E-state index in [9.17, 15) is 22.0 Å². The van der Waals surface area contributed by atoms with Crippen molar-refractivity contribution < 1.29 is 22.0 Å². The summed E-state index contributed by atoms with van der Waals surface area (Å²) in [6.07, 6.45) is 0. The van der Waals surface area contributed by atoms with E-state index in [1.807, 2.05) is 0 Å². The number of anilines is 2. The van der Waals surface area contributed by atoms with Gasteiger partial charge in [-0.1, -0.05) is 0 Å².